The highest BCUT2D eigenvalue weighted by Gasteiger charge is 2.26. The van der Waals surface area contributed by atoms with Crippen LogP contribution in [0.2, 0.25) is 0 Å². The van der Waals surface area contributed by atoms with E-state index in [4.69, 9.17) is 5.73 Å². The van der Waals surface area contributed by atoms with Gasteiger partial charge in [0.1, 0.15) is 0 Å². The average molecular weight is 383 g/mol. The molecule has 0 aromatic heterocycles. The predicted octanol–water partition coefficient (Wildman–Crippen LogP) is 5.59. The van der Waals surface area contributed by atoms with Crippen molar-refractivity contribution in [2.75, 3.05) is 12.3 Å². The van der Waals surface area contributed by atoms with Gasteiger partial charge in [-0.25, -0.2) is 8.42 Å². The molecule has 0 saturated carbocycles. The van der Waals surface area contributed by atoms with Crippen molar-refractivity contribution < 1.29 is 8.42 Å². The molecule has 0 fully saturated rings. The average Bonchev–Trinajstić information content (AvgIpc) is 2.59. The van der Waals surface area contributed by atoms with Gasteiger partial charge in [0.15, 0.2) is 0 Å². The minimum absolute atomic E-state index is 0.0453. The molecule has 1 aromatic rings. The number of benzene rings is 1. The van der Waals surface area contributed by atoms with Crippen LogP contribution in [0.4, 0.5) is 5.69 Å². The monoisotopic (exact) mass is 382 g/mol. The zero-order valence-electron chi connectivity index (χ0n) is 16.9. The van der Waals surface area contributed by atoms with Crippen molar-refractivity contribution in [2.24, 2.45) is 0 Å². The Morgan fingerprint density at radius 1 is 0.846 bits per heavy atom. The molecule has 5 heteroatoms. The van der Waals surface area contributed by atoms with E-state index in [2.05, 4.69) is 6.92 Å². The lowest BCUT2D eigenvalue weighted by atomic mass is 10.1. The topological polar surface area (TPSA) is 63.4 Å². The molecule has 1 rings (SSSR count). The maximum Gasteiger partial charge on any atom is 0.243 e. The Labute approximate surface area is 161 Å². The van der Waals surface area contributed by atoms with E-state index in [1.54, 1.807) is 28.6 Å². The SMILES string of the molecule is CCCCCCCCCCCCN(C(C)C)S(=O)(=O)c1ccc(N)cc1. The lowest BCUT2D eigenvalue weighted by molar-refractivity contribution is 0.343. The number of nitrogens with two attached hydrogens (primary N) is 1. The lowest BCUT2D eigenvalue weighted by Crippen LogP contribution is -2.37. The quantitative estimate of drug-likeness (QED) is 0.337. The normalized spacial score (nSPS) is 12.2. The molecule has 0 bridgehead atoms. The molecule has 0 radical (unpaired) electrons. The molecule has 0 heterocycles. The Hall–Kier alpha value is -1.07. The summed E-state index contributed by atoms with van der Waals surface area (Å²) in [6, 6.07) is 6.44. The Kier molecular flexibility index (Phi) is 10.9. The minimum Gasteiger partial charge on any atom is -0.399 e. The molecule has 0 spiro atoms. The largest absolute Gasteiger partial charge is 0.399 e. The Morgan fingerprint density at radius 3 is 1.77 bits per heavy atom. The molecule has 0 atom stereocenters. The molecule has 1 aromatic carbocycles. The van der Waals surface area contributed by atoms with Crippen LogP contribution >= 0.6 is 0 Å². The third-order valence-corrected chi connectivity index (χ3v) is 6.88. The number of hydrogen-bond acceptors (Lipinski definition) is 3. The second kappa shape index (κ2) is 12.3. The van der Waals surface area contributed by atoms with Gasteiger partial charge in [-0.15, -0.1) is 0 Å². The van der Waals surface area contributed by atoms with E-state index < -0.39 is 10.0 Å². The summed E-state index contributed by atoms with van der Waals surface area (Å²) in [5, 5.41) is 0. The number of nitrogen functional groups attached to an aromatic ring is 1. The highest BCUT2D eigenvalue weighted by Crippen LogP contribution is 2.20. The summed E-state index contributed by atoms with van der Waals surface area (Å²) in [5.74, 6) is 0. The third-order valence-electron chi connectivity index (χ3n) is 4.79. The minimum atomic E-state index is -3.45. The van der Waals surface area contributed by atoms with Crippen LogP contribution in [0.25, 0.3) is 0 Å². The molecule has 0 saturated heterocycles. The van der Waals surface area contributed by atoms with Crippen molar-refractivity contribution >= 4 is 15.7 Å². The molecule has 0 unspecified atom stereocenters. The van der Waals surface area contributed by atoms with Crippen molar-refractivity contribution in [3.05, 3.63) is 24.3 Å². The first-order chi connectivity index (χ1) is 12.4. The van der Waals surface area contributed by atoms with Crippen LogP contribution in [0.5, 0.6) is 0 Å². The molecule has 0 aliphatic rings. The fraction of sp³-hybridized carbons (Fsp3) is 0.714. The van der Waals surface area contributed by atoms with Crippen LogP contribution in [0.1, 0.15) is 85.0 Å². The lowest BCUT2D eigenvalue weighted by Gasteiger charge is -2.26. The van der Waals surface area contributed by atoms with Gasteiger partial charge in [0.2, 0.25) is 10.0 Å². The van der Waals surface area contributed by atoms with Crippen LogP contribution in [-0.2, 0) is 10.0 Å². The molecule has 0 aliphatic heterocycles. The highest BCUT2D eigenvalue weighted by molar-refractivity contribution is 7.89. The van der Waals surface area contributed by atoms with Crippen molar-refractivity contribution in [2.45, 2.75) is 95.9 Å². The van der Waals surface area contributed by atoms with Crippen LogP contribution in [-0.4, -0.2) is 25.3 Å². The number of unbranched alkanes of at least 4 members (excludes halogenated alkanes) is 9. The van der Waals surface area contributed by atoms with E-state index in [1.807, 2.05) is 13.8 Å². The van der Waals surface area contributed by atoms with Crippen LogP contribution < -0.4 is 5.73 Å². The van der Waals surface area contributed by atoms with E-state index in [9.17, 15) is 8.42 Å². The van der Waals surface area contributed by atoms with Gasteiger partial charge in [-0.05, 0) is 44.5 Å². The van der Waals surface area contributed by atoms with E-state index in [0.29, 0.717) is 17.1 Å². The summed E-state index contributed by atoms with van der Waals surface area (Å²) in [7, 11) is -3.45. The van der Waals surface area contributed by atoms with Gasteiger partial charge < -0.3 is 5.73 Å². The van der Waals surface area contributed by atoms with E-state index >= 15 is 0 Å². The zero-order chi connectivity index (χ0) is 19.4. The summed E-state index contributed by atoms with van der Waals surface area (Å²) in [6.45, 7) is 6.70. The van der Waals surface area contributed by atoms with E-state index in [0.717, 1.165) is 12.8 Å². The zero-order valence-corrected chi connectivity index (χ0v) is 17.7. The first kappa shape index (κ1) is 23.0. The molecule has 0 amide bonds. The van der Waals surface area contributed by atoms with Gasteiger partial charge in [-0.2, -0.15) is 4.31 Å². The Morgan fingerprint density at radius 2 is 1.31 bits per heavy atom. The second-order valence-electron chi connectivity index (χ2n) is 7.46. The molecule has 4 nitrogen and oxygen atoms in total. The number of anilines is 1. The Balaban J connectivity index is 2.36. The van der Waals surface area contributed by atoms with Crippen molar-refractivity contribution in [3.8, 4) is 0 Å². The molecular formula is C21H38N2O2S. The third kappa shape index (κ3) is 8.09. The summed E-state index contributed by atoms with van der Waals surface area (Å²) in [5.41, 5.74) is 6.25. The van der Waals surface area contributed by atoms with Gasteiger partial charge in [-0.3, -0.25) is 0 Å². The number of hydrogen-bond donors (Lipinski definition) is 1. The smallest absolute Gasteiger partial charge is 0.243 e. The van der Waals surface area contributed by atoms with Crippen LogP contribution in [0, 0.1) is 0 Å². The number of sulfonamides is 1. The van der Waals surface area contributed by atoms with Gasteiger partial charge >= 0.3 is 0 Å². The summed E-state index contributed by atoms with van der Waals surface area (Å²) in [6.07, 6.45) is 12.5. The maximum atomic E-state index is 12.9. The highest BCUT2D eigenvalue weighted by atomic mass is 32.2. The van der Waals surface area contributed by atoms with Crippen molar-refractivity contribution in [3.63, 3.8) is 0 Å². The summed E-state index contributed by atoms with van der Waals surface area (Å²) < 4.78 is 27.3. The van der Waals surface area contributed by atoms with Gasteiger partial charge in [0, 0.05) is 18.3 Å². The van der Waals surface area contributed by atoms with E-state index in [-0.39, 0.29) is 6.04 Å². The fourth-order valence-electron chi connectivity index (χ4n) is 3.19. The summed E-state index contributed by atoms with van der Waals surface area (Å²) in [4.78, 5) is 0.326. The van der Waals surface area contributed by atoms with Crippen LogP contribution in [0.3, 0.4) is 0 Å². The van der Waals surface area contributed by atoms with Gasteiger partial charge in [-0.1, -0.05) is 64.7 Å². The standard InChI is InChI=1S/C21H38N2O2S/c1-4-5-6-7-8-9-10-11-12-13-18-23(19(2)3)26(24,25)21-16-14-20(22)15-17-21/h14-17,19H,4-13,18,22H2,1-3H3. The first-order valence-corrected chi connectivity index (χ1v) is 11.7. The Bertz CT molecular complexity index is 583. The molecule has 26 heavy (non-hydrogen) atoms. The summed E-state index contributed by atoms with van der Waals surface area (Å²) >= 11 is 0. The predicted molar refractivity (Wildman–Crippen MR) is 112 cm³/mol. The molecule has 0 aliphatic carbocycles. The first-order valence-electron chi connectivity index (χ1n) is 10.3. The fourth-order valence-corrected chi connectivity index (χ4v) is 4.86. The van der Waals surface area contributed by atoms with Crippen LogP contribution in [0.15, 0.2) is 29.2 Å². The maximum absolute atomic E-state index is 12.9. The second-order valence-corrected chi connectivity index (χ2v) is 9.35. The molecule has 2 N–H and O–H groups in total. The van der Waals surface area contributed by atoms with Gasteiger partial charge in [0.05, 0.1) is 4.90 Å². The van der Waals surface area contributed by atoms with Crippen molar-refractivity contribution in [1.29, 1.82) is 0 Å². The molecule has 150 valence electrons. The van der Waals surface area contributed by atoms with Crippen molar-refractivity contribution in [1.82, 2.24) is 4.31 Å². The van der Waals surface area contributed by atoms with E-state index in [1.165, 1.54) is 51.4 Å². The number of nitrogens with zero attached hydrogens (tertiary/aromatic N) is 1. The number of rotatable bonds is 14. The molecular weight excluding hydrogens is 344 g/mol. The van der Waals surface area contributed by atoms with Gasteiger partial charge in [0.25, 0.3) is 0 Å².